The molecule has 1 aromatic carbocycles. The van der Waals surface area contributed by atoms with Crippen molar-refractivity contribution in [2.24, 2.45) is 0 Å². The van der Waals surface area contributed by atoms with E-state index >= 15 is 0 Å². The van der Waals surface area contributed by atoms with Gasteiger partial charge in [0.05, 0.1) is 4.47 Å². The summed E-state index contributed by atoms with van der Waals surface area (Å²) in [6.45, 7) is 2.90. The highest BCUT2D eigenvalue weighted by Crippen LogP contribution is 2.34. The first-order valence-electron chi connectivity index (χ1n) is 6.56. The Bertz CT molecular complexity index is 428. The minimum Gasteiger partial charge on any atom is -0.486 e. The van der Waals surface area contributed by atoms with Gasteiger partial charge in [-0.15, -0.1) is 0 Å². The summed E-state index contributed by atoms with van der Waals surface area (Å²) in [6, 6.07) is 6.34. The van der Waals surface area contributed by atoms with Crippen LogP contribution in [0.5, 0.6) is 5.75 Å². The molecule has 0 spiro atoms. The standard InChI is InChI=1S/C14H19Br2NO2/c1-3-6-18-14-11(17-2)8-13(14)19-12-5-4-9(15)7-10(12)16/h4-5,7,11,13-14,17H,3,6,8H2,1-2H3. The van der Waals surface area contributed by atoms with Crippen LogP contribution in [0.4, 0.5) is 0 Å². The van der Waals surface area contributed by atoms with Crippen LogP contribution in [-0.4, -0.2) is 31.9 Å². The largest absolute Gasteiger partial charge is 0.486 e. The van der Waals surface area contributed by atoms with E-state index in [1.54, 1.807) is 0 Å². The van der Waals surface area contributed by atoms with Gasteiger partial charge in [-0.1, -0.05) is 22.9 Å². The van der Waals surface area contributed by atoms with E-state index in [0.717, 1.165) is 34.1 Å². The molecule has 0 amide bonds. The first-order valence-corrected chi connectivity index (χ1v) is 8.15. The maximum atomic E-state index is 6.05. The molecule has 3 nitrogen and oxygen atoms in total. The van der Waals surface area contributed by atoms with E-state index in [1.807, 2.05) is 25.2 Å². The highest BCUT2D eigenvalue weighted by atomic mass is 79.9. The van der Waals surface area contributed by atoms with Crippen LogP contribution < -0.4 is 10.1 Å². The summed E-state index contributed by atoms with van der Waals surface area (Å²) in [5.74, 6) is 0.868. The third-order valence-electron chi connectivity index (χ3n) is 3.31. The number of nitrogens with one attached hydrogen (secondary N) is 1. The number of likely N-dealkylation sites (N-methyl/N-ethyl adjacent to an activating group) is 1. The molecule has 0 aliphatic heterocycles. The van der Waals surface area contributed by atoms with E-state index in [1.165, 1.54) is 0 Å². The van der Waals surface area contributed by atoms with Crippen molar-refractivity contribution in [2.45, 2.75) is 38.0 Å². The summed E-state index contributed by atoms with van der Waals surface area (Å²) in [7, 11) is 1.97. The zero-order valence-corrected chi connectivity index (χ0v) is 14.3. The molecule has 1 saturated carbocycles. The van der Waals surface area contributed by atoms with E-state index < -0.39 is 0 Å². The predicted molar refractivity (Wildman–Crippen MR) is 83.8 cm³/mol. The average Bonchev–Trinajstić information content (AvgIpc) is 2.36. The molecule has 1 N–H and O–H groups in total. The maximum Gasteiger partial charge on any atom is 0.134 e. The van der Waals surface area contributed by atoms with Gasteiger partial charge in [0.15, 0.2) is 0 Å². The van der Waals surface area contributed by atoms with Crippen LogP contribution in [0, 0.1) is 0 Å². The van der Waals surface area contributed by atoms with Crippen molar-refractivity contribution in [3.8, 4) is 5.75 Å². The fraction of sp³-hybridized carbons (Fsp3) is 0.571. The Morgan fingerprint density at radius 2 is 2.16 bits per heavy atom. The Kier molecular flexibility index (Phi) is 5.69. The summed E-state index contributed by atoms with van der Waals surface area (Å²) in [6.07, 6.45) is 2.27. The molecule has 0 heterocycles. The van der Waals surface area contributed by atoms with Crippen molar-refractivity contribution >= 4 is 31.9 Å². The molecule has 19 heavy (non-hydrogen) atoms. The van der Waals surface area contributed by atoms with Crippen LogP contribution in [-0.2, 0) is 4.74 Å². The summed E-state index contributed by atoms with van der Waals surface area (Å²) in [5.41, 5.74) is 0. The number of hydrogen-bond acceptors (Lipinski definition) is 3. The number of hydrogen-bond donors (Lipinski definition) is 1. The number of halogens is 2. The first-order chi connectivity index (χ1) is 9.15. The summed E-state index contributed by atoms with van der Waals surface area (Å²) < 4.78 is 13.9. The molecule has 3 unspecified atom stereocenters. The molecule has 1 aromatic rings. The molecular formula is C14H19Br2NO2. The molecule has 1 aliphatic carbocycles. The monoisotopic (exact) mass is 391 g/mol. The molecule has 1 fully saturated rings. The molecule has 0 radical (unpaired) electrons. The molecule has 0 bridgehead atoms. The van der Waals surface area contributed by atoms with Gasteiger partial charge < -0.3 is 14.8 Å². The quantitative estimate of drug-likeness (QED) is 0.799. The molecule has 5 heteroatoms. The van der Waals surface area contributed by atoms with E-state index in [-0.39, 0.29) is 12.2 Å². The summed E-state index contributed by atoms with van der Waals surface area (Å²) in [4.78, 5) is 0. The van der Waals surface area contributed by atoms with Gasteiger partial charge in [0.25, 0.3) is 0 Å². The highest BCUT2D eigenvalue weighted by Gasteiger charge is 2.43. The Labute approximate surface area is 131 Å². The van der Waals surface area contributed by atoms with Gasteiger partial charge in [-0.25, -0.2) is 0 Å². The second-order valence-corrected chi connectivity index (χ2v) is 6.47. The van der Waals surface area contributed by atoms with Gasteiger partial charge in [-0.2, -0.15) is 0 Å². The van der Waals surface area contributed by atoms with E-state index in [4.69, 9.17) is 9.47 Å². The third-order valence-corrected chi connectivity index (χ3v) is 4.42. The fourth-order valence-electron chi connectivity index (χ4n) is 2.19. The van der Waals surface area contributed by atoms with Gasteiger partial charge in [-0.05, 0) is 47.6 Å². The fourth-order valence-corrected chi connectivity index (χ4v) is 3.33. The maximum absolute atomic E-state index is 6.05. The number of rotatable bonds is 6. The van der Waals surface area contributed by atoms with Crippen LogP contribution in [0.25, 0.3) is 0 Å². The molecule has 0 aromatic heterocycles. The van der Waals surface area contributed by atoms with Crippen molar-refractivity contribution in [3.05, 3.63) is 27.1 Å². The lowest BCUT2D eigenvalue weighted by atomic mass is 9.85. The van der Waals surface area contributed by atoms with Crippen LogP contribution in [0.2, 0.25) is 0 Å². The van der Waals surface area contributed by atoms with Gasteiger partial charge >= 0.3 is 0 Å². The number of ether oxygens (including phenoxy) is 2. The second kappa shape index (κ2) is 7.07. The minimum atomic E-state index is 0.126. The topological polar surface area (TPSA) is 30.5 Å². The molecule has 1 aliphatic rings. The molecule has 2 rings (SSSR count). The molecule has 3 atom stereocenters. The SMILES string of the molecule is CCCOC1C(NC)CC1Oc1ccc(Br)cc1Br. The highest BCUT2D eigenvalue weighted by molar-refractivity contribution is 9.11. The first kappa shape index (κ1) is 15.3. The average molecular weight is 393 g/mol. The van der Waals surface area contributed by atoms with Crippen molar-refractivity contribution in [3.63, 3.8) is 0 Å². The van der Waals surface area contributed by atoms with Crippen molar-refractivity contribution in [1.29, 1.82) is 0 Å². The van der Waals surface area contributed by atoms with Gasteiger partial charge in [0.1, 0.15) is 18.0 Å². The molecule has 0 saturated heterocycles. The predicted octanol–water partition coefficient (Wildman–Crippen LogP) is 3.75. The Hall–Kier alpha value is -0.100. The Morgan fingerprint density at radius 1 is 1.37 bits per heavy atom. The minimum absolute atomic E-state index is 0.126. The lowest BCUT2D eigenvalue weighted by Crippen LogP contribution is -2.60. The Balaban J connectivity index is 1.98. The zero-order chi connectivity index (χ0) is 13.8. The summed E-state index contributed by atoms with van der Waals surface area (Å²) >= 11 is 6.96. The van der Waals surface area contributed by atoms with Gasteiger partial charge in [0, 0.05) is 23.5 Å². The van der Waals surface area contributed by atoms with Crippen molar-refractivity contribution < 1.29 is 9.47 Å². The van der Waals surface area contributed by atoms with Crippen molar-refractivity contribution in [1.82, 2.24) is 5.32 Å². The summed E-state index contributed by atoms with van der Waals surface area (Å²) in [5, 5.41) is 3.28. The van der Waals surface area contributed by atoms with Gasteiger partial charge in [0.2, 0.25) is 0 Å². The Morgan fingerprint density at radius 3 is 2.79 bits per heavy atom. The van der Waals surface area contributed by atoms with Crippen LogP contribution >= 0.6 is 31.9 Å². The van der Waals surface area contributed by atoms with Crippen LogP contribution in [0.1, 0.15) is 19.8 Å². The van der Waals surface area contributed by atoms with Crippen molar-refractivity contribution in [2.75, 3.05) is 13.7 Å². The lowest BCUT2D eigenvalue weighted by Gasteiger charge is -2.43. The molecule has 106 valence electrons. The van der Waals surface area contributed by atoms with Gasteiger partial charge in [-0.3, -0.25) is 0 Å². The van der Waals surface area contributed by atoms with E-state index in [2.05, 4.69) is 44.1 Å². The normalized spacial score (nSPS) is 26.0. The lowest BCUT2D eigenvalue weighted by molar-refractivity contribution is -0.106. The van der Waals surface area contributed by atoms with Crippen LogP contribution in [0.15, 0.2) is 27.1 Å². The molecular weight excluding hydrogens is 374 g/mol. The van der Waals surface area contributed by atoms with E-state index in [0.29, 0.717) is 6.04 Å². The second-order valence-electron chi connectivity index (χ2n) is 4.70. The van der Waals surface area contributed by atoms with Crippen LogP contribution in [0.3, 0.4) is 0 Å². The number of benzene rings is 1. The zero-order valence-electron chi connectivity index (χ0n) is 11.2. The van der Waals surface area contributed by atoms with E-state index in [9.17, 15) is 0 Å². The third kappa shape index (κ3) is 3.72. The smallest absolute Gasteiger partial charge is 0.134 e.